The van der Waals surface area contributed by atoms with Crippen LogP contribution in [0.5, 0.6) is 0 Å². The van der Waals surface area contributed by atoms with E-state index in [9.17, 15) is 4.79 Å². The van der Waals surface area contributed by atoms with E-state index >= 15 is 0 Å². The number of ether oxygens (including phenoxy) is 2. The number of methoxy groups -OCH3 is 1. The molecular formula is C7H15NO3. The highest BCUT2D eigenvalue weighted by molar-refractivity contribution is 5.78. The summed E-state index contributed by atoms with van der Waals surface area (Å²) in [4.78, 5) is 11.0. The van der Waals surface area contributed by atoms with Gasteiger partial charge < -0.3 is 15.2 Å². The van der Waals surface area contributed by atoms with E-state index in [1.807, 2.05) is 0 Å². The van der Waals surface area contributed by atoms with E-state index < -0.39 is 5.60 Å². The Morgan fingerprint density at radius 2 is 2.09 bits per heavy atom. The average molecular weight is 161 g/mol. The molecule has 0 spiro atoms. The second-order valence-electron chi connectivity index (χ2n) is 2.64. The quantitative estimate of drug-likeness (QED) is 0.585. The minimum absolute atomic E-state index is 0.363. The van der Waals surface area contributed by atoms with Crippen LogP contribution in [-0.2, 0) is 14.3 Å². The fourth-order valence-corrected chi connectivity index (χ4v) is 0.619. The van der Waals surface area contributed by atoms with Gasteiger partial charge in [0, 0.05) is 6.54 Å². The van der Waals surface area contributed by atoms with Crippen molar-refractivity contribution in [3.8, 4) is 0 Å². The summed E-state index contributed by atoms with van der Waals surface area (Å²) >= 11 is 0. The van der Waals surface area contributed by atoms with Crippen LogP contribution in [0.15, 0.2) is 0 Å². The molecule has 0 saturated carbocycles. The number of hydrogen-bond donors (Lipinski definition) is 1. The largest absolute Gasteiger partial charge is 0.467 e. The van der Waals surface area contributed by atoms with Gasteiger partial charge in [-0.2, -0.15) is 0 Å². The first-order chi connectivity index (χ1) is 5.04. The molecule has 0 atom stereocenters. The lowest BCUT2D eigenvalue weighted by molar-refractivity contribution is -0.164. The Labute approximate surface area is 66.7 Å². The molecule has 0 bridgehead atoms. The predicted octanol–water partition coefficient (Wildman–Crippen LogP) is -0.0867. The second kappa shape index (κ2) is 4.31. The highest BCUT2D eigenvalue weighted by Gasteiger charge is 2.28. The summed E-state index contributed by atoms with van der Waals surface area (Å²) in [5.41, 5.74) is 4.32. The van der Waals surface area contributed by atoms with Crippen molar-refractivity contribution in [1.82, 2.24) is 0 Å². The second-order valence-corrected chi connectivity index (χ2v) is 2.64. The molecule has 4 nitrogen and oxygen atoms in total. The normalized spacial score (nSPS) is 11.3. The zero-order valence-electron chi connectivity index (χ0n) is 7.22. The first-order valence-electron chi connectivity index (χ1n) is 3.47. The Hall–Kier alpha value is -0.610. The lowest BCUT2D eigenvalue weighted by Crippen LogP contribution is -2.37. The van der Waals surface area contributed by atoms with Gasteiger partial charge in [-0.05, 0) is 13.8 Å². The summed E-state index contributed by atoms with van der Waals surface area (Å²) in [6, 6.07) is 0. The molecule has 0 heterocycles. The van der Waals surface area contributed by atoms with E-state index in [2.05, 4.69) is 4.74 Å². The fraction of sp³-hybridized carbons (Fsp3) is 0.857. The molecule has 0 aromatic heterocycles. The summed E-state index contributed by atoms with van der Waals surface area (Å²) in [7, 11) is 1.33. The lowest BCUT2D eigenvalue weighted by Gasteiger charge is -2.21. The molecule has 4 heteroatoms. The Balaban J connectivity index is 3.88. The summed E-state index contributed by atoms with van der Waals surface area (Å²) in [5.74, 6) is -0.383. The Kier molecular flexibility index (Phi) is 4.07. The van der Waals surface area contributed by atoms with E-state index in [1.165, 1.54) is 7.11 Å². The maximum absolute atomic E-state index is 11.0. The zero-order chi connectivity index (χ0) is 8.91. The molecule has 0 aliphatic rings. The Morgan fingerprint density at radius 1 is 1.55 bits per heavy atom. The van der Waals surface area contributed by atoms with Crippen molar-refractivity contribution < 1.29 is 14.3 Å². The molecule has 2 N–H and O–H groups in total. The average Bonchev–Trinajstić information content (AvgIpc) is 1.99. The van der Waals surface area contributed by atoms with Gasteiger partial charge in [0.1, 0.15) is 0 Å². The van der Waals surface area contributed by atoms with Gasteiger partial charge in [-0.1, -0.05) is 0 Å². The third kappa shape index (κ3) is 3.34. The van der Waals surface area contributed by atoms with Crippen molar-refractivity contribution in [1.29, 1.82) is 0 Å². The third-order valence-electron chi connectivity index (χ3n) is 1.26. The van der Waals surface area contributed by atoms with Crippen molar-refractivity contribution in [3.63, 3.8) is 0 Å². The highest BCUT2D eigenvalue weighted by Crippen LogP contribution is 2.09. The first kappa shape index (κ1) is 10.4. The number of rotatable bonds is 4. The molecule has 11 heavy (non-hydrogen) atoms. The highest BCUT2D eigenvalue weighted by atomic mass is 16.6. The molecule has 0 aromatic rings. The number of hydrogen-bond acceptors (Lipinski definition) is 4. The van der Waals surface area contributed by atoms with E-state index in [1.54, 1.807) is 13.8 Å². The van der Waals surface area contributed by atoms with Crippen molar-refractivity contribution in [2.24, 2.45) is 5.73 Å². The standard InChI is InChI=1S/C7H15NO3/c1-7(2,6(9)10-3)11-5-4-8/h4-5,8H2,1-3H3. The number of nitrogens with two attached hydrogens (primary N) is 1. The summed E-state index contributed by atoms with van der Waals surface area (Å²) < 4.78 is 9.64. The molecule has 66 valence electrons. The van der Waals surface area contributed by atoms with Gasteiger partial charge in [0.15, 0.2) is 5.60 Å². The van der Waals surface area contributed by atoms with Gasteiger partial charge in [-0.25, -0.2) is 4.79 Å². The van der Waals surface area contributed by atoms with Crippen LogP contribution >= 0.6 is 0 Å². The van der Waals surface area contributed by atoms with Gasteiger partial charge in [0.05, 0.1) is 13.7 Å². The van der Waals surface area contributed by atoms with Gasteiger partial charge in [-0.3, -0.25) is 0 Å². The molecule has 0 saturated heterocycles. The van der Waals surface area contributed by atoms with E-state index in [0.29, 0.717) is 13.2 Å². The Bertz CT molecular complexity index is 134. The number of carbonyl (C=O) groups is 1. The van der Waals surface area contributed by atoms with Crippen LogP contribution in [0.2, 0.25) is 0 Å². The van der Waals surface area contributed by atoms with Crippen LogP contribution in [0, 0.1) is 0 Å². The lowest BCUT2D eigenvalue weighted by atomic mass is 10.1. The molecule has 0 radical (unpaired) electrons. The third-order valence-corrected chi connectivity index (χ3v) is 1.26. The molecule has 0 rings (SSSR count). The molecule has 0 aliphatic carbocycles. The molecule has 0 amide bonds. The van der Waals surface area contributed by atoms with E-state index in [-0.39, 0.29) is 5.97 Å². The van der Waals surface area contributed by atoms with E-state index in [0.717, 1.165) is 0 Å². The minimum atomic E-state index is -0.881. The topological polar surface area (TPSA) is 61.5 Å². The molecule has 0 unspecified atom stereocenters. The summed E-state index contributed by atoms with van der Waals surface area (Å²) in [6.45, 7) is 4.06. The van der Waals surface area contributed by atoms with Crippen LogP contribution in [-0.4, -0.2) is 31.8 Å². The van der Waals surface area contributed by atoms with Gasteiger partial charge in [0.25, 0.3) is 0 Å². The first-order valence-corrected chi connectivity index (χ1v) is 3.47. The minimum Gasteiger partial charge on any atom is -0.467 e. The molecule has 0 aliphatic heterocycles. The van der Waals surface area contributed by atoms with Gasteiger partial charge in [0.2, 0.25) is 0 Å². The maximum atomic E-state index is 11.0. The smallest absolute Gasteiger partial charge is 0.337 e. The van der Waals surface area contributed by atoms with Crippen LogP contribution in [0.1, 0.15) is 13.8 Å². The molecule has 0 fully saturated rings. The number of esters is 1. The summed E-state index contributed by atoms with van der Waals surface area (Å²) in [5, 5.41) is 0. The van der Waals surface area contributed by atoms with Crippen LogP contribution in [0.25, 0.3) is 0 Å². The zero-order valence-corrected chi connectivity index (χ0v) is 7.22. The van der Waals surface area contributed by atoms with Gasteiger partial charge >= 0.3 is 5.97 Å². The molecule has 0 aromatic carbocycles. The van der Waals surface area contributed by atoms with Gasteiger partial charge in [-0.15, -0.1) is 0 Å². The van der Waals surface area contributed by atoms with Crippen LogP contribution in [0.3, 0.4) is 0 Å². The van der Waals surface area contributed by atoms with E-state index in [4.69, 9.17) is 10.5 Å². The maximum Gasteiger partial charge on any atom is 0.337 e. The Morgan fingerprint density at radius 3 is 2.45 bits per heavy atom. The van der Waals surface area contributed by atoms with Crippen molar-refractivity contribution in [2.75, 3.05) is 20.3 Å². The SMILES string of the molecule is COC(=O)C(C)(C)OCCN. The predicted molar refractivity (Wildman–Crippen MR) is 41.1 cm³/mol. The number of carbonyl (C=O) groups excluding carboxylic acids is 1. The monoisotopic (exact) mass is 161 g/mol. The van der Waals surface area contributed by atoms with Crippen LogP contribution < -0.4 is 5.73 Å². The van der Waals surface area contributed by atoms with Crippen LogP contribution in [0.4, 0.5) is 0 Å². The van der Waals surface area contributed by atoms with Crippen molar-refractivity contribution in [3.05, 3.63) is 0 Å². The summed E-state index contributed by atoms with van der Waals surface area (Å²) in [6.07, 6.45) is 0. The molecular weight excluding hydrogens is 146 g/mol. The van der Waals surface area contributed by atoms with Crippen molar-refractivity contribution >= 4 is 5.97 Å². The van der Waals surface area contributed by atoms with Crippen molar-refractivity contribution in [2.45, 2.75) is 19.4 Å². The fourth-order valence-electron chi connectivity index (χ4n) is 0.619.